The van der Waals surface area contributed by atoms with Gasteiger partial charge in [0.15, 0.2) is 12.4 Å². The van der Waals surface area contributed by atoms with Gasteiger partial charge in [-0.05, 0) is 51.3 Å². The molecule has 2 heterocycles. The van der Waals surface area contributed by atoms with E-state index in [4.69, 9.17) is 4.74 Å². The number of nitrogens with zero attached hydrogens (tertiary/aromatic N) is 3. The molecular weight excluding hydrogens is 422 g/mol. The van der Waals surface area contributed by atoms with Crippen molar-refractivity contribution < 1.29 is 22.9 Å². The topological polar surface area (TPSA) is 112 Å². The molecule has 1 aliphatic heterocycles. The van der Waals surface area contributed by atoms with Gasteiger partial charge in [-0.25, -0.2) is 8.42 Å². The number of benzene rings is 1. The van der Waals surface area contributed by atoms with Crippen molar-refractivity contribution in [2.24, 2.45) is 0 Å². The van der Waals surface area contributed by atoms with Crippen LogP contribution in [-0.2, 0) is 16.6 Å². The molecule has 1 fully saturated rings. The molecule has 0 atom stereocenters. The largest absolute Gasteiger partial charge is 0.478 e. The van der Waals surface area contributed by atoms with Gasteiger partial charge in [0.2, 0.25) is 15.8 Å². The lowest BCUT2D eigenvalue weighted by Gasteiger charge is -2.15. The number of rotatable bonds is 9. The molecule has 0 bridgehead atoms. The molecule has 1 aliphatic rings. The fraction of sp³-hybridized carbons (Fsp3) is 0.476. The minimum atomic E-state index is -3.80. The minimum Gasteiger partial charge on any atom is -0.478 e. The van der Waals surface area contributed by atoms with Crippen molar-refractivity contribution in [2.45, 2.75) is 51.5 Å². The second-order valence-corrected chi connectivity index (χ2v) is 9.58. The summed E-state index contributed by atoms with van der Waals surface area (Å²) in [4.78, 5) is 23.4. The summed E-state index contributed by atoms with van der Waals surface area (Å²) < 4.78 is 34.2. The summed E-state index contributed by atoms with van der Waals surface area (Å²) in [5, 5.41) is 11.5. The van der Waals surface area contributed by atoms with E-state index in [1.165, 1.54) is 16.4 Å². The van der Waals surface area contributed by atoms with E-state index in [9.17, 15) is 23.3 Å². The smallest absolute Gasteiger partial charge is 0.312 e. The molecule has 0 N–H and O–H groups in total. The van der Waals surface area contributed by atoms with Gasteiger partial charge in [-0.2, -0.15) is 4.31 Å². The predicted molar refractivity (Wildman–Crippen MR) is 115 cm³/mol. The molecule has 0 unspecified atom stereocenters. The lowest BCUT2D eigenvalue weighted by atomic mass is 10.1. The second kappa shape index (κ2) is 9.19. The van der Waals surface area contributed by atoms with Crippen LogP contribution in [0.15, 0.2) is 29.2 Å². The summed E-state index contributed by atoms with van der Waals surface area (Å²) in [6.07, 6.45) is 2.46. The van der Waals surface area contributed by atoms with Gasteiger partial charge in [0.05, 0.1) is 9.82 Å². The third-order valence-electron chi connectivity index (χ3n) is 5.51. The van der Waals surface area contributed by atoms with Crippen LogP contribution < -0.4 is 4.74 Å². The number of hydrogen-bond donors (Lipinski definition) is 0. The van der Waals surface area contributed by atoms with Gasteiger partial charge in [0.25, 0.3) is 0 Å². The number of sulfonamides is 1. The van der Waals surface area contributed by atoms with Crippen LogP contribution in [0.2, 0.25) is 0 Å². The first kappa shape index (κ1) is 23.0. The van der Waals surface area contributed by atoms with E-state index in [2.05, 4.69) is 6.92 Å². The van der Waals surface area contributed by atoms with Gasteiger partial charge in [-0.15, -0.1) is 0 Å². The number of ketones is 1. The number of carbonyl (C=O) groups is 1. The summed E-state index contributed by atoms with van der Waals surface area (Å²) in [7, 11) is -3.80. The van der Waals surface area contributed by atoms with Crippen LogP contribution in [0.5, 0.6) is 5.75 Å². The van der Waals surface area contributed by atoms with Gasteiger partial charge in [0, 0.05) is 42.7 Å². The van der Waals surface area contributed by atoms with E-state index in [1.54, 1.807) is 6.07 Å². The quantitative estimate of drug-likeness (QED) is 0.329. The van der Waals surface area contributed by atoms with E-state index in [-0.39, 0.29) is 23.0 Å². The Balaban J connectivity index is 1.81. The lowest BCUT2D eigenvalue weighted by Crippen LogP contribution is -2.27. The number of aromatic nitrogens is 1. The van der Waals surface area contributed by atoms with Crippen LogP contribution in [0.4, 0.5) is 5.69 Å². The first-order valence-corrected chi connectivity index (χ1v) is 11.7. The van der Waals surface area contributed by atoms with Gasteiger partial charge in [-0.3, -0.25) is 14.9 Å². The number of hydrogen-bond acceptors (Lipinski definition) is 6. The van der Waals surface area contributed by atoms with E-state index >= 15 is 0 Å². The molecule has 0 aliphatic carbocycles. The molecule has 10 heteroatoms. The SMILES string of the molecule is CCCn1c(C)cc(C(=O)COc2ccc(S(=O)(=O)N3CCCC3)cc2[N+](=O)[O-])c1C. The van der Waals surface area contributed by atoms with Crippen LogP contribution in [0, 0.1) is 24.0 Å². The maximum Gasteiger partial charge on any atom is 0.312 e. The highest BCUT2D eigenvalue weighted by atomic mass is 32.2. The number of Topliss-reactive ketones (excluding diaryl/α,β-unsaturated/α-hetero) is 1. The van der Waals surface area contributed by atoms with Crippen LogP contribution in [0.3, 0.4) is 0 Å². The Bertz CT molecular complexity index is 1100. The fourth-order valence-electron chi connectivity index (χ4n) is 3.87. The molecule has 1 aromatic carbocycles. The Hall–Kier alpha value is -2.72. The Morgan fingerprint density at radius 3 is 2.48 bits per heavy atom. The Labute approximate surface area is 181 Å². The molecule has 0 spiro atoms. The fourth-order valence-corrected chi connectivity index (χ4v) is 5.41. The van der Waals surface area contributed by atoms with Gasteiger partial charge < -0.3 is 9.30 Å². The molecule has 1 saturated heterocycles. The highest BCUT2D eigenvalue weighted by Gasteiger charge is 2.30. The number of ether oxygens (including phenoxy) is 1. The van der Waals surface area contributed by atoms with E-state index in [1.807, 2.05) is 18.4 Å². The maximum atomic E-state index is 12.7. The third-order valence-corrected chi connectivity index (χ3v) is 7.40. The maximum absolute atomic E-state index is 12.7. The van der Waals surface area contributed by atoms with Crippen molar-refractivity contribution in [3.8, 4) is 5.75 Å². The molecule has 3 rings (SSSR count). The standard InChI is InChI=1S/C21H27N3O6S/c1-4-9-23-15(2)12-18(16(23)3)20(25)14-30-21-8-7-17(13-19(21)24(26)27)31(28,29)22-10-5-6-11-22/h7-8,12-13H,4-6,9-11,14H2,1-3H3. The van der Waals surface area contributed by atoms with Crippen molar-refractivity contribution in [3.05, 3.63) is 51.3 Å². The zero-order valence-electron chi connectivity index (χ0n) is 18.0. The number of nitro benzene ring substituents is 1. The van der Waals surface area contributed by atoms with Gasteiger partial charge in [0.1, 0.15) is 0 Å². The normalized spacial score (nSPS) is 14.7. The van der Waals surface area contributed by atoms with Crippen molar-refractivity contribution in [1.82, 2.24) is 8.87 Å². The first-order chi connectivity index (χ1) is 14.7. The molecule has 2 aromatic rings. The van der Waals surface area contributed by atoms with E-state index in [0.717, 1.165) is 43.3 Å². The summed E-state index contributed by atoms with van der Waals surface area (Å²) in [6, 6.07) is 5.32. The molecular formula is C21H27N3O6S. The monoisotopic (exact) mass is 449 g/mol. The van der Waals surface area contributed by atoms with Gasteiger partial charge >= 0.3 is 5.69 Å². The van der Waals surface area contributed by atoms with E-state index in [0.29, 0.717) is 18.7 Å². The zero-order valence-corrected chi connectivity index (χ0v) is 18.8. The summed E-state index contributed by atoms with van der Waals surface area (Å²) >= 11 is 0. The zero-order chi connectivity index (χ0) is 22.8. The third kappa shape index (κ3) is 4.64. The van der Waals surface area contributed by atoms with Crippen LogP contribution in [0.25, 0.3) is 0 Å². The molecule has 9 nitrogen and oxygen atoms in total. The molecule has 0 amide bonds. The highest BCUT2D eigenvalue weighted by molar-refractivity contribution is 7.89. The van der Waals surface area contributed by atoms with Crippen molar-refractivity contribution in [1.29, 1.82) is 0 Å². The number of aryl methyl sites for hydroxylation is 1. The molecule has 31 heavy (non-hydrogen) atoms. The molecule has 0 radical (unpaired) electrons. The predicted octanol–water partition coefficient (Wildman–Crippen LogP) is 3.47. The van der Waals surface area contributed by atoms with Crippen LogP contribution in [0.1, 0.15) is 47.9 Å². The Kier molecular flexibility index (Phi) is 6.80. The summed E-state index contributed by atoms with van der Waals surface area (Å²) in [6.45, 7) is 7.05. The number of nitro groups is 1. The Morgan fingerprint density at radius 1 is 1.19 bits per heavy atom. The Morgan fingerprint density at radius 2 is 1.87 bits per heavy atom. The lowest BCUT2D eigenvalue weighted by molar-refractivity contribution is -0.386. The highest BCUT2D eigenvalue weighted by Crippen LogP contribution is 2.32. The summed E-state index contributed by atoms with van der Waals surface area (Å²) in [5.74, 6) is -0.431. The molecule has 168 valence electrons. The van der Waals surface area contributed by atoms with Gasteiger partial charge in [-0.1, -0.05) is 6.92 Å². The average molecular weight is 450 g/mol. The number of carbonyl (C=O) groups excluding carboxylic acids is 1. The van der Waals surface area contributed by atoms with Crippen molar-refractivity contribution >= 4 is 21.5 Å². The van der Waals surface area contributed by atoms with E-state index < -0.39 is 20.6 Å². The first-order valence-electron chi connectivity index (χ1n) is 10.3. The summed E-state index contributed by atoms with van der Waals surface area (Å²) in [5.41, 5.74) is 1.83. The second-order valence-electron chi connectivity index (χ2n) is 7.65. The van der Waals surface area contributed by atoms with Crippen LogP contribution >= 0.6 is 0 Å². The molecule has 1 aromatic heterocycles. The average Bonchev–Trinajstić information content (AvgIpc) is 3.37. The van der Waals surface area contributed by atoms with Crippen molar-refractivity contribution in [2.75, 3.05) is 19.7 Å². The minimum absolute atomic E-state index is 0.138. The van der Waals surface area contributed by atoms with Crippen molar-refractivity contribution in [3.63, 3.8) is 0 Å². The molecule has 0 saturated carbocycles. The van der Waals surface area contributed by atoms with Crippen LogP contribution in [-0.4, -0.2) is 47.7 Å².